The highest BCUT2D eigenvalue weighted by Crippen LogP contribution is 2.33. The molecule has 0 aromatic heterocycles. The highest BCUT2D eigenvalue weighted by Gasteiger charge is 2.47. The van der Waals surface area contributed by atoms with Crippen molar-refractivity contribution < 1.29 is 19.5 Å². The van der Waals surface area contributed by atoms with Crippen LogP contribution in [0, 0.1) is 11.3 Å². The maximum Gasteiger partial charge on any atom is 0.329 e. The number of nitrogens with zero attached hydrogens (tertiary/aromatic N) is 1. The van der Waals surface area contributed by atoms with Gasteiger partial charge < -0.3 is 15.3 Å². The van der Waals surface area contributed by atoms with E-state index in [1.54, 1.807) is 4.90 Å². The average Bonchev–Trinajstić information content (AvgIpc) is 2.40. The number of carboxylic acid groups (broad SMARTS) is 1. The number of aliphatic carboxylic acids is 1. The Morgan fingerprint density at radius 3 is 2.27 bits per heavy atom. The third kappa shape index (κ3) is 3.25. The second-order valence-electron chi connectivity index (χ2n) is 7.57. The van der Waals surface area contributed by atoms with Crippen molar-refractivity contribution >= 4 is 17.8 Å². The van der Waals surface area contributed by atoms with E-state index in [-0.39, 0.29) is 17.7 Å². The molecule has 0 radical (unpaired) electrons. The van der Waals surface area contributed by atoms with Crippen molar-refractivity contribution in [2.24, 2.45) is 11.3 Å². The smallest absolute Gasteiger partial charge is 0.329 e. The van der Waals surface area contributed by atoms with E-state index in [4.69, 9.17) is 0 Å². The molecular weight excluding hydrogens is 284 g/mol. The Kier molecular flexibility index (Phi) is 4.49. The zero-order valence-corrected chi connectivity index (χ0v) is 13.6. The number of carbonyl (C=O) groups excluding carboxylic acids is 2. The fraction of sp³-hybridized carbons (Fsp3) is 0.812. The summed E-state index contributed by atoms with van der Waals surface area (Å²) in [5, 5.41) is 12.0. The van der Waals surface area contributed by atoms with Crippen LogP contribution in [0.5, 0.6) is 0 Å². The molecule has 0 spiro atoms. The second kappa shape index (κ2) is 5.89. The van der Waals surface area contributed by atoms with Crippen LogP contribution in [-0.4, -0.2) is 46.4 Å². The lowest BCUT2D eigenvalue weighted by atomic mass is 9.76. The second-order valence-corrected chi connectivity index (χ2v) is 7.57. The quantitative estimate of drug-likeness (QED) is 0.825. The van der Waals surface area contributed by atoms with E-state index in [0.717, 1.165) is 12.8 Å². The van der Waals surface area contributed by atoms with E-state index >= 15 is 0 Å². The molecule has 1 saturated heterocycles. The summed E-state index contributed by atoms with van der Waals surface area (Å²) in [5.41, 5.74) is -1.54. The molecule has 22 heavy (non-hydrogen) atoms. The van der Waals surface area contributed by atoms with Gasteiger partial charge >= 0.3 is 5.97 Å². The number of amides is 2. The molecule has 124 valence electrons. The minimum absolute atomic E-state index is 0.0431. The van der Waals surface area contributed by atoms with E-state index in [2.05, 4.69) is 5.32 Å². The standard InChI is InChI=1S/C16H26N2O4/c1-15(2,3)13(20)18-9-4-6-11(10-18)12(19)17-16(14(21)22)7-5-8-16/h11H,4-10H2,1-3H3,(H,17,19)(H,21,22). The molecule has 1 aliphatic heterocycles. The highest BCUT2D eigenvalue weighted by atomic mass is 16.4. The number of hydrogen-bond acceptors (Lipinski definition) is 3. The van der Waals surface area contributed by atoms with Gasteiger partial charge in [0, 0.05) is 18.5 Å². The van der Waals surface area contributed by atoms with Gasteiger partial charge in [0.25, 0.3) is 0 Å². The Hall–Kier alpha value is -1.59. The first kappa shape index (κ1) is 16.8. The molecule has 2 amide bonds. The molecule has 0 aromatic carbocycles. The summed E-state index contributed by atoms with van der Waals surface area (Å²) in [6.07, 6.45) is 3.29. The SMILES string of the molecule is CC(C)(C)C(=O)N1CCCC(C(=O)NC2(C(=O)O)CCC2)C1. The van der Waals surface area contributed by atoms with Gasteiger partial charge in [0.2, 0.25) is 11.8 Å². The van der Waals surface area contributed by atoms with Crippen LogP contribution in [0.15, 0.2) is 0 Å². The van der Waals surface area contributed by atoms with Crippen LogP contribution in [0.4, 0.5) is 0 Å². The molecule has 1 unspecified atom stereocenters. The normalized spacial score (nSPS) is 24.3. The lowest BCUT2D eigenvalue weighted by molar-refractivity contribution is -0.153. The van der Waals surface area contributed by atoms with Crippen LogP contribution in [0.3, 0.4) is 0 Å². The number of hydrogen-bond donors (Lipinski definition) is 2. The summed E-state index contributed by atoms with van der Waals surface area (Å²) in [6, 6.07) is 0. The third-order valence-corrected chi connectivity index (χ3v) is 4.70. The van der Waals surface area contributed by atoms with Crippen molar-refractivity contribution in [1.29, 1.82) is 0 Å². The van der Waals surface area contributed by atoms with Gasteiger partial charge in [-0.2, -0.15) is 0 Å². The molecule has 2 rings (SSSR count). The van der Waals surface area contributed by atoms with Gasteiger partial charge in [-0.15, -0.1) is 0 Å². The number of piperidine rings is 1. The molecule has 1 saturated carbocycles. The Morgan fingerprint density at radius 1 is 1.18 bits per heavy atom. The van der Waals surface area contributed by atoms with E-state index in [1.165, 1.54) is 0 Å². The van der Waals surface area contributed by atoms with Crippen LogP contribution in [-0.2, 0) is 14.4 Å². The predicted octanol–water partition coefficient (Wildman–Crippen LogP) is 1.39. The van der Waals surface area contributed by atoms with Gasteiger partial charge in [0.1, 0.15) is 5.54 Å². The fourth-order valence-electron chi connectivity index (χ4n) is 3.11. The van der Waals surface area contributed by atoms with E-state index < -0.39 is 16.9 Å². The lowest BCUT2D eigenvalue weighted by Crippen LogP contribution is -2.61. The Morgan fingerprint density at radius 2 is 1.82 bits per heavy atom. The maximum atomic E-state index is 12.4. The largest absolute Gasteiger partial charge is 0.480 e. The van der Waals surface area contributed by atoms with Crippen LogP contribution in [0.25, 0.3) is 0 Å². The van der Waals surface area contributed by atoms with Crippen molar-refractivity contribution in [1.82, 2.24) is 10.2 Å². The third-order valence-electron chi connectivity index (χ3n) is 4.70. The van der Waals surface area contributed by atoms with Crippen molar-refractivity contribution in [2.45, 2.75) is 58.4 Å². The first-order valence-electron chi connectivity index (χ1n) is 8.00. The molecule has 2 N–H and O–H groups in total. The molecule has 2 fully saturated rings. The molecule has 0 bridgehead atoms. The number of carboxylic acids is 1. The van der Waals surface area contributed by atoms with E-state index in [1.807, 2.05) is 20.8 Å². The van der Waals surface area contributed by atoms with Crippen LogP contribution < -0.4 is 5.32 Å². The number of likely N-dealkylation sites (tertiary alicyclic amines) is 1. The monoisotopic (exact) mass is 310 g/mol. The summed E-state index contributed by atoms with van der Waals surface area (Å²) >= 11 is 0. The van der Waals surface area contributed by atoms with Crippen molar-refractivity contribution in [3.05, 3.63) is 0 Å². The minimum Gasteiger partial charge on any atom is -0.480 e. The zero-order valence-electron chi connectivity index (χ0n) is 13.6. The van der Waals surface area contributed by atoms with Gasteiger partial charge in [-0.05, 0) is 32.1 Å². The number of nitrogens with one attached hydrogen (secondary N) is 1. The maximum absolute atomic E-state index is 12.4. The van der Waals surface area contributed by atoms with Crippen LogP contribution in [0.1, 0.15) is 52.9 Å². The van der Waals surface area contributed by atoms with Crippen molar-refractivity contribution in [3.8, 4) is 0 Å². The molecule has 1 aliphatic carbocycles. The topological polar surface area (TPSA) is 86.7 Å². The molecule has 0 aromatic rings. The average molecular weight is 310 g/mol. The Bertz CT molecular complexity index is 477. The van der Waals surface area contributed by atoms with Crippen LogP contribution >= 0.6 is 0 Å². The number of carbonyl (C=O) groups is 3. The van der Waals surface area contributed by atoms with Crippen LogP contribution in [0.2, 0.25) is 0 Å². The highest BCUT2D eigenvalue weighted by molar-refractivity contribution is 5.89. The Labute approximate surface area is 131 Å². The fourth-order valence-corrected chi connectivity index (χ4v) is 3.11. The molecule has 6 nitrogen and oxygen atoms in total. The summed E-state index contributed by atoms with van der Waals surface area (Å²) in [4.78, 5) is 37.8. The number of rotatable bonds is 3. The van der Waals surface area contributed by atoms with Gasteiger partial charge in [0.05, 0.1) is 5.92 Å². The summed E-state index contributed by atoms with van der Waals surface area (Å²) in [7, 11) is 0. The molecule has 2 aliphatic rings. The van der Waals surface area contributed by atoms with Gasteiger partial charge in [-0.3, -0.25) is 9.59 Å². The predicted molar refractivity (Wildman–Crippen MR) is 81.1 cm³/mol. The van der Waals surface area contributed by atoms with Crippen molar-refractivity contribution in [2.75, 3.05) is 13.1 Å². The minimum atomic E-state index is -1.08. The first-order valence-corrected chi connectivity index (χ1v) is 8.00. The zero-order chi connectivity index (χ0) is 16.5. The van der Waals surface area contributed by atoms with Gasteiger partial charge in [0.15, 0.2) is 0 Å². The Balaban J connectivity index is 1.99. The first-order chi connectivity index (χ1) is 10.2. The lowest BCUT2D eigenvalue weighted by Gasteiger charge is -2.41. The van der Waals surface area contributed by atoms with Crippen molar-refractivity contribution in [3.63, 3.8) is 0 Å². The van der Waals surface area contributed by atoms with E-state index in [0.29, 0.717) is 32.4 Å². The van der Waals surface area contributed by atoms with Gasteiger partial charge in [-0.25, -0.2) is 4.79 Å². The summed E-state index contributed by atoms with van der Waals surface area (Å²) < 4.78 is 0. The molecule has 6 heteroatoms. The van der Waals surface area contributed by atoms with Gasteiger partial charge in [-0.1, -0.05) is 20.8 Å². The molecule has 1 heterocycles. The molecule has 1 atom stereocenters. The van der Waals surface area contributed by atoms with E-state index in [9.17, 15) is 19.5 Å². The summed E-state index contributed by atoms with van der Waals surface area (Å²) in [6.45, 7) is 6.66. The summed E-state index contributed by atoms with van der Waals surface area (Å²) in [5.74, 6) is -1.45. The molecular formula is C16H26N2O4.